The molecule has 0 aliphatic rings. The second-order valence-electron chi connectivity index (χ2n) is 6.34. The summed E-state index contributed by atoms with van der Waals surface area (Å²) in [5, 5.41) is 3.34. The number of alkyl halides is 3. The Labute approximate surface area is 164 Å². The number of nitrogens with one attached hydrogen (secondary N) is 1. The van der Waals surface area contributed by atoms with Crippen molar-refractivity contribution in [1.29, 1.82) is 0 Å². The molecule has 0 saturated heterocycles. The molecule has 8 heteroatoms. The summed E-state index contributed by atoms with van der Waals surface area (Å²) in [7, 11) is 1.14. The molecular weight excluding hydrogens is 385 g/mol. The number of benzene rings is 2. The highest BCUT2D eigenvalue weighted by molar-refractivity contribution is 5.97. The van der Waals surface area contributed by atoms with E-state index in [1.165, 1.54) is 18.2 Å². The lowest BCUT2D eigenvalue weighted by Gasteiger charge is -2.17. The first-order valence-corrected chi connectivity index (χ1v) is 8.68. The number of halogens is 3. The number of hydrogen-bond acceptors (Lipinski definition) is 4. The minimum absolute atomic E-state index is 0.0849. The molecule has 5 nitrogen and oxygen atoms in total. The Balaban J connectivity index is 1.81. The number of carbonyl (C=O) groups excluding carboxylic acids is 2. The molecule has 0 saturated carbocycles. The third-order valence-corrected chi connectivity index (χ3v) is 4.32. The molecule has 0 fully saturated rings. The Hall–Kier alpha value is -3.42. The van der Waals surface area contributed by atoms with Crippen molar-refractivity contribution < 1.29 is 27.5 Å². The van der Waals surface area contributed by atoms with Gasteiger partial charge in [0.1, 0.15) is 11.7 Å². The van der Waals surface area contributed by atoms with Crippen molar-refractivity contribution in [1.82, 2.24) is 10.3 Å². The molecule has 3 rings (SSSR count). The SMILES string of the molecule is COC(=O)[C@H](Cc1cccc(C(F)(F)F)c1)NC(=O)c1ccc2ccccc2n1. The van der Waals surface area contributed by atoms with Gasteiger partial charge in [0.25, 0.3) is 5.91 Å². The number of ether oxygens (including phenoxy) is 1. The van der Waals surface area contributed by atoms with Gasteiger partial charge in [0, 0.05) is 11.8 Å². The van der Waals surface area contributed by atoms with E-state index in [1.807, 2.05) is 12.1 Å². The van der Waals surface area contributed by atoms with Crippen molar-refractivity contribution in [3.8, 4) is 0 Å². The van der Waals surface area contributed by atoms with E-state index in [0.29, 0.717) is 5.52 Å². The van der Waals surface area contributed by atoms with Gasteiger partial charge in [-0.25, -0.2) is 9.78 Å². The molecule has 0 radical (unpaired) electrons. The maximum Gasteiger partial charge on any atom is 0.416 e. The normalized spacial score (nSPS) is 12.4. The van der Waals surface area contributed by atoms with Crippen LogP contribution >= 0.6 is 0 Å². The number of para-hydroxylation sites is 1. The molecule has 1 amide bonds. The van der Waals surface area contributed by atoms with Crippen LogP contribution in [0.4, 0.5) is 13.2 Å². The summed E-state index contributed by atoms with van der Waals surface area (Å²) in [4.78, 5) is 28.9. The molecule has 0 aliphatic heterocycles. The minimum atomic E-state index is -4.50. The van der Waals surface area contributed by atoms with Crippen LogP contribution < -0.4 is 5.32 Å². The van der Waals surface area contributed by atoms with Crippen molar-refractivity contribution in [3.05, 3.63) is 77.5 Å². The predicted octanol–water partition coefficient (Wildman–Crippen LogP) is 3.77. The number of hydrogen-bond donors (Lipinski definition) is 1. The number of rotatable bonds is 5. The van der Waals surface area contributed by atoms with Gasteiger partial charge in [0.15, 0.2) is 0 Å². The van der Waals surface area contributed by atoms with Crippen LogP contribution in [0.1, 0.15) is 21.6 Å². The summed E-state index contributed by atoms with van der Waals surface area (Å²) in [6.07, 6.45) is -4.66. The maximum atomic E-state index is 12.9. The molecule has 0 spiro atoms. The lowest BCUT2D eigenvalue weighted by Crippen LogP contribution is -2.43. The smallest absolute Gasteiger partial charge is 0.416 e. The maximum absolute atomic E-state index is 12.9. The second kappa shape index (κ2) is 8.30. The van der Waals surface area contributed by atoms with Crippen LogP contribution in [0.25, 0.3) is 10.9 Å². The van der Waals surface area contributed by atoms with Crippen molar-refractivity contribution in [2.45, 2.75) is 18.6 Å². The summed E-state index contributed by atoms with van der Waals surface area (Å²) in [6.45, 7) is 0. The van der Waals surface area contributed by atoms with Gasteiger partial charge in [0.05, 0.1) is 18.2 Å². The summed E-state index contributed by atoms with van der Waals surface area (Å²) in [5.74, 6) is -1.39. The molecule has 1 N–H and O–H groups in total. The highest BCUT2D eigenvalue weighted by Crippen LogP contribution is 2.29. The average molecular weight is 402 g/mol. The van der Waals surface area contributed by atoms with E-state index < -0.39 is 29.7 Å². The number of aromatic nitrogens is 1. The number of esters is 1. The van der Waals surface area contributed by atoms with Crippen molar-refractivity contribution >= 4 is 22.8 Å². The zero-order chi connectivity index (χ0) is 21.0. The number of fused-ring (bicyclic) bond motifs is 1. The number of amides is 1. The first-order chi connectivity index (χ1) is 13.8. The Morgan fingerprint density at radius 3 is 2.55 bits per heavy atom. The van der Waals surface area contributed by atoms with E-state index in [-0.39, 0.29) is 17.7 Å². The van der Waals surface area contributed by atoms with E-state index in [4.69, 9.17) is 4.74 Å². The molecule has 0 aliphatic carbocycles. The van der Waals surface area contributed by atoms with Crippen LogP contribution in [0.3, 0.4) is 0 Å². The van der Waals surface area contributed by atoms with Crippen molar-refractivity contribution in [3.63, 3.8) is 0 Å². The average Bonchev–Trinajstić information content (AvgIpc) is 2.71. The molecule has 2 aromatic carbocycles. The lowest BCUT2D eigenvalue weighted by atomic mass is 10.0. The van der Waals surface area contributed by atoms with Crippen LogP contribution in [0, 0.1) is 0 Å². The summed E-state index contributed by atoms with van der Waals surface area (Å²) >= 11 is 0. The lowest BCUT2D eigenvalue weighted by molar-refractivity contribution is -0.142. The zero-order valence-corrected chi connectivity index (χ0v) is 15.4. The van der Waals surface area contributed by atoms with Gasteiger partial charge in [-0.15, -0.1) is 0 Å². The first-order valence-electron chi connectivity index (χ1n) is 8.68. The second-order valence-corrected chi connectivity index (χ2v) is 6.34. The van der Waals surface area contributed by atoms with Gasteiger partial charge < -0.3 is 10.1 Å². The number of nitrogens with zero attached hydrogens (tertiary/aromatic N) is 1. The number of methoxy groups -OCH3 is 1. The monoisotopic (exact) mass is 402 g/mol. The Morgan fingerprint density at radius 2 is 1.83 bits per heavy atom. The third-order valence-electron chi connectivity index (χ3n) is 4.32. The fourth-order valence-corrected chi connectivity index (χ4v) is 2.87. The quantitative estimate of drug-likeness (QED) is 0.660. The van der Waals surface area contributed by atoms with Crippen LogP contribution in [-0.2, 0) is 22.1 Å². The fourth-order valence-electron chi connectivity index (χ4n) is 2.87. The summed E-state index contributed by atoms with van der Waals surface area (Å²) in [5.41, 5.74) is 0.0948. The van der Waals surface area contributed by atoms with Crippen molar-refractivity contribution in [2.75, 3.05) is 7.11 Å². The first kappa shape index (κ1) is 20.3. The Kier molecular flexibility index (Phi) is 5.81. The molecule has 150 valence electrons. The molecule has 0 unspecified atom stereocenters. The van der Waals surface area contributed by atoms with Gasteiger partial charge >= 0.3 is 12.1 Å². The van der Waals surface area contributed by atoms with Gasteiger partial charge in [-0.2, -0.15) is 13.2 Å². The zero-order valence-electron chi connectivity index (χ0n) is 15.4. The topological polar surface area (TPSA) is 68.3 Å². The van der Waals surface area contributed by atoms with E-state index in [2.05, 4.69) is 10.3 Å². The fraction of sp³-hybridized carbons (Fsp3) is 0.190. The van der Waals surface area contributed by atoms with Crippen molar-refractivity contribution in [2.24, 2.45) is 0 Å². The molecule has 3 aromatic rings. The van der Waals surface area contributed by atoms with Crippen LogP contribution in [0.5, 0.6) is 0 Å². The highest BCUT2D eigenvalue weighted by Gasteiger charge is 2.31. The molecule has 1 atom stereocenters. The van der Waals surface area contributed by atoms with Crippen LogP contribution in [0.2, 0.25) is 0 Å². The molecule has 29 heavy (non-hydrogen) atoms. The van der Waals surface area contributed by atoms with Gasteiger partial charge in [-0.05, 0) is 23.8 Å². The third kappa shape index (κ3) is 4.90. The van der Waals surface area contributed by atoms with Gasteiger partial charge in [0.2, 0.25) is 0 Å². The van der Waals surface area contributed by atoms with Gasteiger partial charge in [-0.1, -0.05) is 42.5 Å². The molecule has 1 aromatic heterocycles. The van der Waals surface area contributed by atoms with E-state index >= 15 is 0 Å². The largest absolute Gasteiger partial charge is 0.467 e. The Morgan fingerprint density at radius 1 is 1.07 bits per heavy atom. The Bertz CT molecular complexity index is 1050. The van der Waals surface area contributed by atoms with Gasteiger partial charge in [-0.3, -0.25) is 4.79 Å². The summed E-state index contributed by atoms with van der Waals surface area (Å²) in [6, 6.07) is 13.8. The summed E-state index contributed by atoms with van der Waals surface area (Å²) < 4.78 is 43.5. The molecule has 1 heterocycles. The van der Waals surface area contributed by atoms with Crippen LogP contribution in [0.15, 0.2) is 60.7 Å². The molecule has 0 bridgehead atoms. The van der Waals surface area contributed by atoms with E-state index in [1.54, 1.807) is 18.2 Å². The predicted molar refractivity (Wildman–Crippen MR) is 100 cm³/mol. The van der Waals surface area contributed by atoms with Crippen LogP contribution in [-0.4, -0.2) is 30.0 Å². The molecular formula is C21H17F3N2O3. The van der Waals surface area contributed by atoms with E-state index in [9.17, 15) is 22.8 Å². The number of carbonyl (C=O) groups is 2. The standard InChI is InChI=1S/C21H17F3N2O3/c1-29-20(28)18(12-13-5-4-7-15(11-13)21(22,23)24)26-19(27)17-10-9-14-6-2-3-8-16(14)25-17/h2-11,18H,12H2,1H3,(H,26,27)/t18-/m0/s1. The highest BCUT2D eigenvalue weighted by atomic mass is 19.4. The van der Waals surface area contributed by atoms with E-state index in [0.717, 1.165) is 24.6 Å². The number of pyridine rings is 1. The minimum Gasteiger partial charge on any atom is -0.467 e.